The molecule has 2 rings (SSSR count). The molecule has 0 aliphatic heterocycles. The van der Waals surface area contributed by atoms with Gasteiger partial charge in [0, 0.05) is 18.9 Å². The van der Waals surface area contributed by atoms with Crippen molar-refractivity contribution in [1.82, 2.24) is 14.9 Å². The number of benzene rings is 1. The second-order valence-corrected chi connectivity index (χ2v) is 4.55. The van der Waals surface area contributed by atoms with E-state index in [0.717, 1.165) is 26.1 Å². The van der Waals surface area contributed by atoms with E-state index in [2.05, 4.69) is 46.1 Å². The van der Waals surface area contributed by atoms with Crippen LogP contribution in [0.1, 0.15) is 24.5 Å². The maximum absolute atomic E-state index is 4.05. The normalized spacial score (nSPS) is 10.7. The quantitative estimate of drug-likeness (QED) is 0.757. The van der Waals surface area contributed by atoms with Crippen molar-refractivity contribution in [2.75, 3.05) is 13.1 Å². The largest absolute Gasteiger partial charge is 0.333 e. The molecule has 0 atom stereocenters. The fraction of sp³-hybridized carbons (Fsp3) is 0.400. The summed E-state index contributed by atoms with van der Waals surface area (Å²) >= 11 is 0. The molecule has 2 aromatic rings. The fourth-order valence-corrected chi connectivity index (χ4v) is 1.94. The zero-order valence-electron chi connectivity index (χ0n) is 11.0. The van der Waals surface area contributed by atoms with Crippen molar-refractivity contribution in [3.05, 3.63) is 54.1 Å². The molecule has 0 fully saturated rings. The van der Waals surface area contributed by atoms with Gasteiger partial charge in [-0.1, -0.05) is 31.2 Å². The monoisotopic (exact) mass is 243 g/mol. The first kappa shape index (κ1) is 12.8. The van der Waals surface area contributed by atoms with Gasteiger partial charge < -0.3 is 9.88 Å². The summed E-state index contributed by atoms with van der Waals surface area (Å²) < 4.78 is 2.08. The number of hydrogen-bond donors (Lipinski definition) is 1. The smallest absolute Gasteiger partial charge is 0.0949 e. The topological polar surface area (TPSA) is 29.9 Å². The molecule has 1 heterocycles. The lowest BCUT2D eigenvalue weighted by Crippen LogP contribution is -2.17. The van der Waals surface area contributed by atoms with Crippen LogP contribution in [0.15, 0.2) is 43.0 Å². The van der Waals surface area contributed by atoms with Gasteiger partial charge in [0.2, 0.25) is 0 Å². The molecule has 0 spiro atoms. The molecule has 1 aromatic carbocycles. The van der Waals surface area contributed by atoms with Crippen molar-refractivity contribution >= 4 is 0 Å². The van der Waals surface area contributed by atoms with Crippen LogP contribution in [0.3, 0.4) is 0 Å². The fourth-order valence-electron chi connectivity index (χ4n) is 1.94. The van der Waals surface area contributed by atoms with Crippen molar-refractivity contribution in [1.29, 1.82) is 0 Å². The van der Waals surface area contributed by atoms with Crippen molar-refractivity contribution < 1.29 is 0 Å². The van der Waals surface area contributed by atoms with Gasteiger partial charge in [-0.15, -0.1) is 0 Å². The molecule has 0 aliphatic rings. The van der Waals surface area contributed by atoms with Crippen LogP contribution in [0.25, 0.3) is 0 Å². The highest BCUT2D eigenvalue weighted by Gasteiger charge is 1.96. The highest BCUT2D eigenvalue weighted by Crippen LogP contribution is 2.06. The number of aromatic nitrogens is 2. The first-order valence-corrected chi connectivity index (χ1v) is 6.63. The van der Waals surface area contributed by atoms with E-state index < -0.39 is 0 Å². The number of nitrogens with zero attached hydrogens (tertiary/aromatic N) is 2. The predicted octanol–water partition coefficient (Wildman–Crippen LogP) is 2.47. The van der Waals surface area contributed by atoms with Crippen LogP contribution < -0.4 is 5.32 Å². The molecule has 0 aliphatic carbocycles. The minimum Gasteiger partial charge on any atom is -0.333 e. The number of nitrogens with one attached hydrogen (secondary N) is 1. The molecule has 3 heteroatoms. The Balaban J connectivity index is 1.82. The average Bonchev–Trinajstić information content (AvgIpc) is 2.89. The van der Waals surface area contributed by atoms with Gasteiger partial charge in [0.25, 0.3) is 0 Å². The summed E-state index contributed by atoms with van der Waals surface area (Å²) in [5.74, 6) is 0. The maximum Gasteiger partial charge on any atom is 0.0949 e. The van der Waals surface area contributed by atoms with Gasteiger partial charge in [0.05, 0.1) is 6.33 Å². The standard InChI is InChI=1S/C15H21N3/c1-2-8-16-9-7-14-3-5-15(6-4-14)12-18-11-10-17-13-18/h3-6,10-11,13,16H,2,7-9,12H2,1H3. The molecule has 96 valence electrons. The molecular weight excluding hydrogens is 222 g/mol. The Morgan fingerprint density at radius 2 is 1.89 bits per heavy atom. The van der Waals surface area contributed by atoms with Gasteiger partial charge >= 0.3 is 0 Å². The summed E-state index contributed by atoms with van der Waals surface area (Å²) in [6.07, 6.45) is 7.95. The molecule has 0 unspecified atom stereocenters. The lowest BCUT2D eigenvalue weighted by molar-refractivity contribution is 0.671. The van der Waals surface area contributed by atoms with E-state index in [1.54, 1.807) is 0 Å². The summed E-state index contributed by atoms with van der Waals surface area (Å²) in [7, 11) is 0. The average molecular weight is 243 g/mol. The van der Waals surface area contributed by atoms with E-state index in [-0.39, 0.29) is 0 Å². The zero-order chi connectivity index (χ0) is 12.6. The third-order valence-electron chi connectivity index (χ3n) is 2.96. The summed E-state index contributed by atoms with van der Waals surface area (Å²) in [5.41, 5.74) is 2.71. The van der Waals surface area contributed by atoms with E-state index in [4.69, 9.17) is 0 Å². The molecule has 3 nitrogen and oxygen atoms in total. The van der Waals surface area contributed by atoms with Crippen molar-refractivity contribution in [3.8, 4) is 0 Å². The van der Waals surface area contributed by atoms with Crippen molar-refractivity contribution in [2.45, 2.75) is 26.3 Å². The van der Waals surface area contributed by atoms with Gasteiger partial charge in [0.1, 0.15) is 0 Å². The first-order valence-electron chi connectivity index (χ1n) is 6.63. The molecule has 1 aromatic heterocycles. The summed E-state index contributed by atoms with van der Waals surface area (Å²) in [5, 5.41) is 3.42. The molecule has 0 amide bonds. The Bertz CT molecular complexity index is 431. The van der Waals surface area contributed by atoms with Crippen LogP contribution in [0.4, 0.5) is 0 Å². The first-order chi connectivity index (χ1) is 8.88. The van der Waals surface area contributed by atoms with Crippen LogP contribution in [-0.2, 0) is 13.0 Å². The van der Waals surface area contributed by atoms with Gasteiger partial charge in [-0.3, -0.25) is 0 Å². The number of hydrogen-bond acceptors (Lipinski definition) is 2. The van der Waals surface area contributed by atoms with Gasteiger partial charge in [0.15, 0.2) is 0 Å². The molecular formula is C15H21N3. The maximum atomic E-state index is 4.05. The van der Waals surface area contributed by atoms with Crippen LogP contribution >= 0.6 is 0 Å². The van der Waals surface area contributed by atoms with E-state index in [1.165, 1.54) is 17.5 Å². The summed E-state index contributed by atoms with van der Waals surface area (Å²) in [6, 6.07) is 8.85. The second kappa shape index (κ2) is 6.97. The summed E-state index contributed by atoms with van der Waals surface area (Å²) in [4.78, 5) is 4.05. The molecule has 1 N–H and O–H groups in total. The molecule has 0 saturated heterocycles. The van der Waals surface area contributed by atoms with Gasteiger partial charge in [-0.05, 0) is 37.1 Å². The van der Waals surface area contributed by atoms with Gasteiger partial charge in [-0.25, -0.2) is 4.98 Å². The third kappa shape index (κ3) is 4.00. The molecule has 18 heavy (non-hydrogen) atoms. The van der Waals surface area contributed by atoms with E-state index in [9.17, 15) is 0 Å². The second-order valence-electron chi connectivity index (χ2n) is 4.55. The lowest BCUT2D eigenvalue weighted by atomic mass is 10.1. The van der Waals surface area contributed by atoms with Crippen LogP contribution in [0, 0.1) is 0 Å². The Labute approximate surface area is 109 Å². The van der Waals surface area contributed by atoms with Crippen LogP contribution in [0.5, 0.6) is 0 Å². The Morgan fingerprint density at radius 3 is 2.56 bits per heavy atom. The predicted molar refractivity (Wildman–Crippen MR) is 74.6 cm³/mol. The summed E-state index contributed by atoms with van der Waals surface area (Å²) in [6.45, 7) is 5.26. The molecule has 0 radical (unpaired) electrons. The van der Waals surface area contributed by atoms with E-state index >= 15 is 0 Å². The van der Waals surface area contributed by atoms with Crippen molar-refractivity contribution in [3.63, 3.8) is 0 Å². The van der Waals surface area contributed by atoms with Crippen molar-refractivity contribution in [2.24, 2.45) is 0 Å². The Morgan fingerprint density at radius 1 is 1.11 bits per heavy atom. The minimum absolute atomic E-state index is 0.897. The third-order valence-corrected chi connectivity index (χ3v) is 2.96. The SMILES string of the molecule is CCCNCCc1ccc(Cn2ccnc2)cc1. The van der Waals surface area contributed by atoms with E-state index in [0.29, 0.717) is 0 Å². The highest BCUT2D eigenvalue weighted by molar-refractivity contribution is 5.23. The number of rotatable bonds is 7. The minimum atomic E-state index is 0.897. The van der Waals surface area contributed by atoms with Crippen LogP contribution in [-0.4, -0.2) is 22.6 Å². The molecule has 0 bridgehead atoms. The number of imidazole rings is 1. The highest BCUT2D eigenvalue weighted by atomic mass is 15.0. The Kier molecular flexibility index (Phi) is 4.97. The van der Waals surface area contributed by atoms with Gasteiger partial charge in [-0.2, -0.15) is 0 Å². The molecule has 0 saturated carbocycles. The van der Waals surface area contributed by atoms with Crippen LogP contribution in [0.2, 0.25) is 0 Å². The zero-order valence-corrected chi connectivity index (χ0v) is 11.0. The Hall–Kier alpha value is -1.61. The lowest BCUT2D eigenvalue weighted by Gasteiger charge is -2.06. The van der Waals surface area contributed by atoms with E-state index in [1.807, 2.05) is 18.7 Å².